The van der Waals surface area contributed by atoms with Gasteiger partial charge in [0.15, 0.2) is 0 Å². The monoisotopic (exact) mass is 322 g/mol. The molecule has 1 amide bonds. The van der Waals surface area contributed by atoms with Gasteiger partial charge in [-0.15, -0.1) is 0 Å². The molecule has 134 valence electrons. The third-order valence-electron chi connectivity index (χ3n) is 6.12. The first kappa shape index (κ1) is 18.8. The normalized spacial score (nSPS) is 21.9. The summed E-state index contributed by atoms with van der Waals surface area (Å²) in [6.07, 6.45) is 15.9. The molecule has 1 N–H and O–H groups in total. The van der Waals surface area contributed by atoms with Gasteiger partial charge in [-0.05, 0) is 38.8 Å². The Morgan fingerprint density at radius 2 is 1.52 bits per heavy atom. The maximum atomic E-state index is 11.8. The van der Waals surface area contributed by atoms with Gasteiger partial charge in [0.05, 0.1) is 5.41 Å². The van der Waals surface area contributed by atoms with Crippen molar-refractivity contribution in [3.05, 3.63) is 0 Å². The van der Waals surface area contributed by atoms with Gasteiger partial charge in [0.2, 0.25) is 5.91 Å². The molecule has 2 aliphatic heterocycles. The van der Waals surface area contributed by atoms with Crippen LogP contribution in [0.15, 0.2) is 0 Å². The summed E-state index contributed by atoms with van der Waals surface area (Å²) in [7, 11) is 0. The van der Waals surface area contributed by atoms with Gasteiger partial charge in [-0.1, -0.05) is 65.2 Å². The van der Waals surface area contributed by atoms with Crippen LogP contribution in [0.5, 0.6) is 0 Å². The third kappa shape index (κ3) is 5.20. The molecular weight excluding hydrogens is 284 g/mol. The largest absolute Gasteiger partial charge is 0.354 e. The Bertz CT molecular complexity index is 348. The fourth-order valence-electron chi connectivity index (χ4n) is 4.25. The Hall–Kier alpha value is -0.570. The summed E-state index contributed by atoms with van der Waals surface area (Å²) in [6, 6.07) is 0.767. The molecule has 0 bridgehead atoms. The van der Waals surface area contributed by atoms with Crippen LogP contribution in [-0.2, 0) is 4.79 Å². The number of unbranched alkanes of at least 4 members (excludes halogenated alkanes) is 6. The highest BCUT2D eigenvalue weighted by Crippen LogP contribution is 2.37. The fraction of sp³-hybridized carbons (Fsp3) is 0.950. The number of nitrogens with zero attached hydrogens (tertiary/aromatic N) is 1. The Labute approximate surface area is 143 Å². The second-order valence-electron chi connectivity index (χ2n) is 7.85. The van der Waals surface area contributed by atoms with E-state index in [4.69, 9.17) is 0 Å². The van der Waals surface area contributed by atoms with E-state index in [9.17, 15) is 4.79 Å². The summed E-state index contributed by atoms with van der Waals surface area (Å²) in [5.41, 5.74) is 0.0194. The quantitative estimate of drug-likeness (QED) is 0.448. The average molecular weight is 323 g/mol. The van der Waals surface area contributed by atoms with Crippen molar-refractivity contribution in [1.82, 2.24) is 10.2 Å². The summed E-state index contributed by atoms with van der Waals surface area (Å²) < 4.78 is 0. The number of nitrogens with one attached hydrogen (secondary N) is 1. The van der Waals surface area contributed by atoms with Gasteiger partial charge in [0.25, 0.3) is 0 Å². The zero-order valence-corrected chi connectivity index (χ0v) is 15.5. The second-order valence-corrected chi connectivity index (χ2v) is 7.85. The molecule has 2 saturated heterocycles. The minimum absolute atomic E-state index is 0.0194. The van der Waals surface area contributed by atoms with Crippen molar-refractivity contribution >= 4 is 5.91 Å². The van der Waals surface area contributed by atoms with E-state index in [0.29, 0.717) is 5.91 Å². The van der Waals surface area contributed by atoms with E-state index in [0.717, 1.165) is 38.5 Å². The number of piperidine rings is 1. The lowest BCUT2D eigenvalue weighted by atomic mass is 9.72. The first-order chi connectivity index (χ1) is 11.2. The van der Waals surface area contributed by atoms with Crippen molar-refractivity contribution in [2.75, 3.05) is 19.6 Å². The zero-order chi connectivity index (χ0) is 16.5. The zero-order valence-electron chi connectivity index (χ0n) is 15.5. The van der Waals surface area contributed by atoms with Gasteiger partial charge >= 0.3 is 0 Å². The predicted octanol–water partition coefficient (Wildman–Crippen LogP) is 4.51. The van der Waals surface area contributed by atoms with Crippen LogP contribution in [0.25, 0.3) is 0 Å². The maximum absolute atomic E-state index is 11.8. The molecule has 1 spiro atoms. The van der Waals surface area contributed by atoms with Crippen molar-refractivity contribution in [3.8, 4) is 0 Å². The Morgan fingerprint density at radius 3 is 2.04 bits per heavy atom. The van der Waals surface area contributed by atoms with Crippen LogP contribution in [0, 0.1) is 5.41 Å². The number of hydrogen-bond donors (Lipinski definition) is 1. The summed E-state index contributed by atoms with van der Waals surface area (Å²) in [5.74, 6) is 0.319. The molecule has 2 heterocycles. The molecule has 2 rings (SSSR count). The number of amides is 1. The van der Waals surface area contributed by atoms with Gasteiger partial charge in [0.1, 0.15) is 0 Å². The molecule has 0 aliphatic carbocycles. The SMILES string of the molecule is CCCCCCCC(CCCCC)N1CCC2(CC1)CNC2=O. The van der Waals surface area contributed by atoms with Gasteiger partial charge in [0, 0.05) is 12.6 Å². The average Bonchev–Trinajstić information content (AvgIpc) is 2.59. The second kappa shape index (κ2) is 9.66. The van der Waals surface area contributed by atoms with Crippen LogP contribution in [0.2, 0.25) is 0 Å². The highest BCUT2D eigenvalue weighted by Gasteiger charge is 2.48. The van der Waals surface area contributed by atoms with E-state index >= 15 is 0 Å². The molecule has 23 heavy (non-hydrogen) atoms. The summed E-state index contributed by atoms with van der Waals surface area (Å²) >= 11 is 0. The summed E-state index contributed by atoms with van der Waals surface area (Å²) in [4.78, 5) is 14.6. The third-order valence-corrected chi connectivity index (χ3v) is 6.12. The number of rotatable bonds is 11. The molecule has 2 aliphatic rings. The van der Waals surface area contributed by atoms with Gasteiger partial charge in [-0.3, -0.25) is 4.79 Å². The highest BCUT2D eigenvalue weighted by molar-refractivity contribution is 5.88. The molecule has 0 aromatic rings. The van der Waals surface area contributed by atoms with Crippen LogP contribution in [0.4, 0.5) is 0 Å². The number of likely N-dealkylation sites (tertiary alicyclic amines) is 1. The summed E-state index contributed by atoms with van der Waals surface area (Å²) in [5, 5.41) is 2.95. The first-order valence-corrected chi connectivity index (χ1v) is 10.2. The lowest BCUT2D eigenvalue weighted by Crippen LogP contribution is -2.63. The highest BCUT2D eigenvalue weighted by atomic mass is 16.2. The van der Waals surface area contributed by atoms with Crippen LogP contribution in [0.3, 0.4) is 0 Å². The molecule has 3 heteroatoms. The lowest BCUT2D eigenvalue weighted by molar-refractivity contribution is -0.144. The van der Waals surface area contributed by atoms with Gasteiger partial charge < -0.3 is 10.2 Å². The smallest absolute Gasteiger partial charge is 0.228 e. The molecule has 0 saturated carbocycles. The molecule has 1 unspecified atom stereocenters. The number of carbonyl (C=O) groups excluding carboxylic acids is 1. The molecule has 2 fully saturated rings. The Kier molecular flexibility index (Phi) is 7.88. The molecule has 0 aromatic heterocycles. The summed E-state index contributed by atoms with van der Waals surface area (Å²) in [6.45, 7) is 7.78. The van der Waals surface area contributed by atoms with Crippen LogP contribution in [0.1, 0.15) is 90.9 Å². The molecule has 0 radical (unpaired) electrons. The van der Waals surface area contributed by atoms with Gasteiger partial charge in [-0.2, -0.15) is 0 Å². The fourth-order valence-corrected chi connectivity index (χ4v) is 4.25. The molecule has 3 nitrogen and oxygen atoms in total. The topological polar surface area (TPSA) is 32.3 Å². The molecular formula is C20H38N2O. The first-order valence-electron chi connectivity index (χ1n) is 10.2. The van der Waals surface area contributed by atoms with E-state index < -0.39 is 0 Å². The molecule has 0 aromatic carbocycles. The van der Waals surface area contributed by atoms with E-state index in [2.05, 4.69) is 24.1 Å². The number of β-lactam (4-membered cyclic amide) rings is 1. The van der Waals surface area contributed by atoms with E-state index in [-0.39, 0.29) is 5.41 Å². The van der Waals surface area contributed by atoms with E-state index in [1.54, 1.807) is 0 Å². The van der Waals surface area contributed by atoms with Crippen molar-refractivity contribution in [3.63, 3.8) is 0 Å². The maximum Gasteiger partial charge on any atom is 0.228 e. The Balaban J connectivity index is 1.75. The lowest BCUT2D eigenvalue weighted by Gasteiger charge is -2.48. The van der Waals surface area contributed by atoms with E-state index in [1.807, 2.05) is 0 Å². The van der Waals surface area contributed by atoms with Gasteiger partial charge in [-0.25, -0.2) is 0 Å². The van der Waals surface area contributed by atoms with Crippen molar-refractivity contribution in [1.29, 1.82) is 0 Å². The van der Waals surface area contributed by atoms with Crippen LogP contribution >= 0.6 is 0 Å². The van der Waals surface area contributed by atoms with Crippen LogP contribution in [-0.4, -0.2) is 36.5 Å². The predicted molar refractivity (Wildman–Crippen MR) is 97.6 cm³/mol. The number of carbonyl (C=O) groups is 1. The van der Waals surface area contributed by atoms with Crippen molar-refractivity contribution in [2.45, 2.75) is 96.9 Å². The standard InChI is InChI=1S/C20H38N2O/c1-3-5-7-8-10-12-18(11-9-6-4-2)22-15-13-20(14-16-22)17-21-19(20)23/h18H,3-17H2,1-2H3,(H,21,23). The van der Waals surface area contributed by atoms with Crippen molar-refractivity contribution < 1.29 is 4.79 Å². The molecule has 1 atom stereocenters. The minimum atomic E-state index is 0.0194. The van der Waals surface area contributed by atoms with E-state index in [1.165, 1.54) is 64.2 Å². The Morgan fingerprint density at radius 1 is 0.957 bits per heavy atom. The van der Waals surface area contributed by atoms with Crippen molar-refractivity contribution in [2.24, 2.45) is 5.41 Å². The minimum Gasteiger partial charge on any atom is -0.354 e. The van der Waals surface area contributed by atoms with Crippen LogP contribution < -0.4 is 5.32 Å². The number of hydrogen-bond acceptors (Lipinski definition) is 2.